The number of esters is 1. The van der Waals surface area contributed by atoms with Crippen molar-refractivity contribution in [2.24, 2.45) is 5.92 Å². The second-order valence-corrected chi connectivity index (χ2v) is 4.94. The maximum Gasteiger partial charge on any atom is 0.339 e. The van der Waals surface area contributed by atoms with Gasteiger partial charge in [0, 0.05) is 18.1 Å². The van der Waals surface area contributed by atoms with Crippen LogP contribution in [0.15, 0.2) is 12.3 Å². The van der Waals surface area contributed by atoms with Gasteiger partial charge in [-0.2, -0.15) is 0 Å². The molecule has 0 aliphatic heterocycles. The summed E-state index contributed by atoms with van der Waals surface area (Å²) in [7, 11) is 0. The predicted molar refractivity (Wildman–Crippen MR) is 68.7 cm³/mol. The summed E-state index contributed by atoms with van der Waals surface area (Å²) >= 11 is 3.29. The van der Waals surface area contributed by atoms with Gasteiger partial charge in [0.2, 0.25) is 0 Å². The van der Waals surface area contributed by atoms with E-state index in [2.05, 4.69) is 15.9 Å². The molecule has 0 saturated carbocycles. The summed E-state index contributed by atoms with van der Waals surface area (Å²) in [6.45, 7) is 4.98. The monoisotopic (exact) mass is 301 g/mol. The number of aryl methyl sites for hydroxylation is 1. The molecule has 1 heterocycles. The second-order valence-electron chi connectivity index (χ2n) is 4.15. The standard InChI is InChI=1S/C12H16BrNO3/c1-9(2)8-17-12(16)10-5-11(7-15)14(6-10)4-3-13/h5-7,9H,3-4,8H2,1-2H3. The van der Waals surface area contributed by atoms with Gasteiger partial charge in [0.1, 0.15) is 0 Å². The first-order valence-corrected chi connectivity index (χ1v) is 6.59. The molecule has 1 aromatic heterocycles. The number of rotatable bonds is 6. The third kappa shape index (κ3) is 4.00. The van der Waals surface area contributed by atoms with Crippen LogP contribution < -0.4 is 0 Å². The van der Waals surface area contributed by atoms with Crippen molar-refractivity contribution >= 4 is 28.2 Å². The van der Waals surface area contributed by atoms with Gasteiger partial charge in [-0.3, -0.25) is 4.79 Å². The second kappa shape index (κ2) is 6.59. The Labute approximate surface area is 109 Å². The van der Waals surface area contributed by atoms with Crippen molar-refractivity contribution < 1.29 is 14.3 Å². The van der Waals surface area contributed by atoms with Crippen LogP contribution in [0.25, 0.3) is 0 Å². The highest BCUT2D eigenvalue weighted by Crippen LogP contribution is 2.10. The van der Waals surface area contributed by atoms with Gasteiger partial charge >= 0.3 is 5.97 Å². The predicted octanol–water partition coefficient (Wildman–Crippen LogP) is 2.51. The number of ether oxygens (including phenoxy) is 1. The van der Waals surface area contributed by atoms with Gasteiger partial charge < -0.3 is 9.30 Å². The lowest BCUT2D eigenvalue weighted by atomic mass is 10.2. The van der Waals surface area contributed by atoms with Crippen LogP contribution in [0, 0.1) is 5.92 Å². The van der Waals surface area contributed by atoms with E-state index < -0.39 is 0 Å². The maximum atomic E-state index is 11.7. The highest BCUT2D eigenvalue weighted by Gasteiger charge is 2.13. The molecule has 0 fully saturated rings. The molecule has 0 spiro atoms. The van der Waals surface area contributed by atoms with E-state index in [1.807, 2.05) is 13.8 Å². The fourth-order valence-corrected chi connectivity index (χ4v) is 1.73. The van der Waals surface area contributed by atoms with Crippen molar-refractivity contribution in [1.82, 2.24) is 4.57 Å². The van der Waals surface area contributed by atoms with Crippen LogP contribution in [0.1, 0.15) is 34.7 Å². The number of hydrogen-bond donors (Lipinski definition) is 0. The third-order valence-electron chi connectivity index (χ3n) is 2.16. The fraction of sp³-hybridized carbons (Fsp3) is 0.500. The van der Waals surface area contributed by atoms with Crippen LogP contribution in [0.5, 0.6) is 0 Å². The van der Waals surface area contributed by atoms with Crippen molar-refractivity contribution in [2.75, 3.05) is 11.9 Å². The van der Waals surface area contributed by atoms with Gasteiger partial charge in [-0.1, -0.05) is 29.8 Å². The topological polar surface area (TPSA) is 48.3 Å². The average molecular weight is 302 g/mol. The largest absolute Gasteiger partial charge is 0.462 e. The first kappa shape index (κ1) is 14.0. The van der Waals surface area contributed by atoms with Crippen LogP contribution in [-0.4, -0.2) is 28.8 Å². The Morgan fingerprint density at radius 3 is 2.82 bits per heavy atom. The average Bonchev–Trinajstić information content (AvgIpc) is 2.69. The van der Waals surface area contributed by atoms with Crippen molar-refractivity contribution in [2.45, 2.75) is 20.4 Å². The zero-order chi connectivity index (χ0) is 12.8. The zero-order valence-corrected chi connectivity index (χ0v) is 11.6. The lowest BCUT2D eigenvalue weighted by molar-refractivity contribution is 0.0459. The highest BCUT2D eigenvalue weighted by atomic mass is 79.9. The molecule has 1 rings (SSSR count). The summed E-state index contributed by atoms with van der Waals surface area (Å²) in [6, 6.07) is 1.55. The molecular weight excluding hydrogens is 286 g/mol. The first-order valence-electron chi connectivity index (χ1n) is 5.47. The van der Waals surface area contributed by atoms with E-state index in [1.54, 1.807) is 16.8 Å². The molecule has 0 radical (unpaired) electrons. The number of carbonyl (C=O) groups excluding carboxylic acids is 2. The Hall–Kier alpha value is -1.10. The molecule has 4 nitrogen and oxygen atoms in total. The maximum absolute atomic E-state index is 11.7. The minimum atomic E-state index is -0.380. The van der Waals surface area contributed by atoms with Gasteiger partial charge in [-0.25, -0.2) is 4.79 Å². The normalized spacial score (nSPS) is 10.6. The molecule has 0 aromatic carbocycles. The molecule has 1 aromatic rings. The van der Waals surface area contributed by atoms with Crippen molar-refractivity contribution in [3.63, 3.8) is 0 Å². The Morgan fingerprint density at radius 1 is 1.59 bits per heavy atom. The molecule has 0 aliphatic rings. The third-order valence-corrected chi connectivity index (χ3v) is 2.51. The van der Waals surface area contributed by atoms with Crippen LogP contribution in [0.3, 0.4) is 0 Å². The number of halogens is 1. The van der Waals surface area contributed by atoms with Gasteiger partial charge in [0.15, 0.2) is 6.29 Å². The Bertz CT molecular complexity index is 398. The van der Waals surface area contributed by atoms with Gasteiger partial charge in [-0.05, 0) is 12.0 Å². The van der Waals surface area contributed by atoms with E-state index in [9.17, 15) is 9.59 Å². The summed E-state index contributed by atoms with van der Waals surface area (Å²) in [5, 5.41) is 0.725. The van der Waals surface area contributed by atoms with Gasteiger partial charge in [0.05, 0.1) is 17.9 Å². The summed E-state index contributed by atoms with van der Waals surface area (Å²) < 4.78 is 6.83. The van der Waals surface area contributed by atoms with Crippen molar-refractivity contribution in [3.8, 4) is 0 Å². The van der Waals surface area contributed by atoms with E-state index >= 15 is 0 Å². The highest BCUT2D eigenvalue weighted by molar-refractivity contribution is 9.09. The molecule has 5 heteroatoms. The van der Waals surface area contributed by atoms with Crippen LogP contribution in [0.4, 0.5) is 0 Å². The van der Waals surface area contributed by atoms with E-state index in [4.69, 9.17) is 4.74 Å². The smallest absolute Gasteiger partial charge is 0.339 e. The molecule has 0 amide bonds. The SMILES string of the molecule is CC(C)COC(=O)c1cc(C=O)n(CCBr)c1. The minimum absolute atomic E-state index is 0.300. The van der Waals surface area contributed by atoms with Crippen molar-refractivity contribution in [1.29, 1.82) is 0 Å². The van der Waals surface area contributed by atoms with Crippen molar-refractivity contribution in [3.05, 3.63) is 23.5 Å². The first-order chi connectivity index (χ1) is 8.08. The molecular formula is C12H16BrNO3. The number of alkyl halides is 1. The molecule has 0 unspecified atom stereocenters. The molecule has 0 N–H and O–H groups in total. The van der Waals surface area contributed by atoms with Gasteiger partial charge in [-0.15, -0.1) is 0 Å². The van der Waals surface area contributed by atoms with Crippen LogP contribution in [-0.2, 0) is 11.3 Å². The molecule has 0 aliphatic carbocycles. The number of aromatic nitrogens is 1. The molecule has 94 valence electrons. The molecule has 0 saturated heterocycles. The van der Waals surface area contributed by atoms with E-state index in [-0.39, 0.29) is 5.97 Å². The van der Waals surface area contributed by atoms with Crippen LogP contribution in [0.2, 0.25) is 0 Å². The number of hydrogen-bond acceptors (Lipinski definition) is 3. The number of nitrogens with zero attached hydrogens (tertiary/aromatic N) is 1. The van der Waals surface area contributed by atoms with Gasteiger partial charge in [0.25, 0.3) is 0 Å². The molecule has 17 heavy (non-hydrogen) atoms. The molecule has 0 bridgehead atoms. The quantitative estimate of drug-likeness (QED) is 0.461. The van der Waals surface area contributed by atoms with E-state index in [0.717, 1.165) is 11.6 Å². The van der Waals surface area contributed by atoms with Crippen LogP contribution >= 0.6 is 15.9 Å². The Morgan fingerprint density at radius 2 is 2.29 bits per heavy atom. The summed E-state index contributed by atoms with van der Waals surface area (Å²) in [5.74, 6) is -0.0794. The minimum Gasteiger partial charge on any atom is -0.462 e. The van der Waals surface area contributed by atoms with E-state index in [0.29, 0.717) is 30.3 Å². The lowest BCUT2D eigenvalue weighted by Gasteiger charge is -2.05. The number of aldehydes is 1. The summed E-state index contributed by atoms with van der Waals surface area (Å²) in [5.41, 5.74) is 0.912. The number of carbonyl (C=O) groups is 2. The lowest BCUT2D eigenvalue weighted by Crippen LogP contribution is -2.09. The summed E-state index contributed by atoms with van der Waals surface area (Å²) in [6.07, 6.45) is 2.38. The Kier molecular flexibility index (Phi) is 5.41. The fourth-order valence-electron chi connectivity index (χ4n) is 1.35. The zero-order valence-electron chi connectivity index (χ0n) is 9.98. The summed E-state index contributed by atoms with van der Waals surface area (Å²) in [4.78, 5) is 22.5. The Balaban J connectivity index is 2.76. The van der Waals surface area contributed by atoms with E-state index in [1.165, 1.54) is 0 Å². The molecule has 0 atom stereocenters.